The predicted molar refractivity (Wildman–Crippen MR) is 70.9 cm³/mol. The Hall–Kier alpha value is 0.270. The number of nitrogens with one attached hydrogen (secondary N) is 1. The minimum Gasteiger partial charge on any atom is -0.394 e. The van der Waals surface area contributed by atoms with Gasteiger partial charge in [0.15, 0.2) is 0 Å². The maximum atomic E-state index is 9.75. The summed E-state index contributed by atoms with van der Waals surface area (Å²) < 4.78 is 0. The SMILES string of the molecule is CCSCCC1CCCC1(CO)NC1CC1. The zero-order valence-corrected chi connectivity index (χ0v) is 11.2. The summed E-state index contributed by atoms with van der Waals surface area (Å²) in [7, 11) is 0. The highest BCUT2D eigenvalue weighted by Gasteiger charge is 2.44. The van der Waals surface area contributed by atoms with Crippen molar-refractivity contribution in [2.24, 2.45) is 5.92 Å². The maximum absolute atomic E-state index is 9.75. The lowest BCUT2D eigenvalue weighted by molar-refractivity contribution is 0.120. The van der Waals surface area contributed by atoms with Crippen LogP contribution in [-0.2, 0) is 0 Å². The Morgan fingerprint density at radius 2 is 2.19 bits per heavy atom. The van der Waals surface area contributed by atoms with Gasteiger partial charge in [-0.1, -0.05) is 13.3 Å². The van der Waals surface area contributed by atoms with Gasteiger partial charge in [-0.2, -0.15) is 11.8 Å². The molecule has 2 unspecified atom stereocenters. The van der Waals surface area contributed by atoms with Gasteiger partial charge in [0.05, 0.1) is 6.61 Å². The van der Waals surface area contributed by atoms with Crippen LogP contribution in [0.3, 0.4) is 0 Å². The van der Waals surface area contributed by atoms with Gasteiger partial charge in [-0.3, -0.25) is 0 Å². The normalized spacial score (nSPS) is 34.5. The molecule has 0 aromatic heterocycles. The molecule has 0 heterocycles. The first-order valence-electron chi connectivity index (χ1n) is 6.77. The van der Waals surface area contributed by atoms with Gasteiger partial charge in [-0.05, 0) is 49.5 Å². The molecule has 2 saturated carbocycles. The topological polar surface area (TPSA) is 32.3 Å². The van der Waals surface area contributed by atoms with Crippen LogP contribution in [0, 0.1) is 5.92 Å². The monoisotopic (exact) mass is 243 g/mol. The van der Waals surface area contributed by atoms with E-state index in [0.29, 0.717) is 18.6 Å². The summed E-state index contributed by atoms with van der Waals surface area (Å²) in [6, 6.07) is 0.714. The first-order valence-corrected chi connectivity index (χ1v) is 7.92. The molecule has 94 valence electrons. The molecule has 0 spiro atoms. The van der Waals surface area contributed by atoms with E-state index in [1.54, 1.807) is 0 Å². The number of thioether (sulfide) groups is 1. The number of hydrogen-bond donors (Lipinski definition) is 2. The highest BCUT2D eigenvalue weighted by Crippen LogP contribution is 2.40. The highest BCUT2D eigenvalue weighted by atomic mass is 32.2. The lowest BCUT2D eigenvalue weighted by Crippen LogP contribution is -2.52. The molecule has 2 atom stereocenters. The molecule has 2 aliphatic carbocycles. The van der Waals surface area contributed by atoms with Crippen LogP contribution in [-0.4, -0.2) is 34.8 Å². The van der Waals surface area contributed by atoms with E-state index in [-0.39, 0.29) is 5.54 Å². The van der Waals surface area contributed by atoms with Crippen molar-refractivity contribution >= 4 is 11.8 Å². The third-order valence-corrected chi connectivity index (χ3v) is 5.06. The Morgan fingerprint density at radius 3 is 2.81 bits per heavy atom. The molecule has 0 radical (unpaired) electrons. The molecule has 0 aromatic carbocycles. The van der Waals surface area contributed by atoms with Gasteiger partial charge in [0.2, 0.25) is 0 Å². The van der Waals surface area contributed by atoms with E-state index in [2.05, 4.69) is 12.2 Å². The molecule has 2 N–H and O–H groups in total. The molecule has 0 saturated heterocycles. The molecule has 0 amide bonds. The van der Waals surface area contributed by atoms with E-state index in [1.165, 1.54) is 50.0 Å². The Kier molecular flexibility index (Phi) is 4.57. The molecule has 16 heavy (non-hydrogen) atoms. The Balaban J connectivity index is 1.87. The minimum absolute atomic E-state index is 0.0788. The van der Waals surface area contributed by atoms with Crippen LogP contribution in [0.1, 0.15) is 45.4 Å². The lowest BCUT2D eigenvalue weighted by Gasteiger charge is -2.35. The average Bonchev–Trinajstić information content (AvgIpc) is 3.01. The Morgan fingerprint density at radius 1 is 1.38 bits per heavy atom. The summed E-state index contributed by atoms with van der Waals surface area (Å²) in [6.07, 6.45) is 7.70. The summed E-state index contributed by atoms with van der Waals surface area (Å²) in [5.74, 6) is 3.18. The average molecular weight is 243 g/mol. The summed E-state index contributed by atoms with van der Waals surface area (Å²) in [5, 5.41) is 13.5. The van der Waals surface area contributed by atoms with Crippen LogP contribution < -0.4 is 5.32 Å². The van der Waals surface area contributed by atoms with Gasteiger partial charge in [0.1, 0.15) is 0 Å². The smallest absolute Gasteiger partial charge is 0.0616 e. The first-order chi connectivity index (χ1) is 7.80. The Labute approximate surface area is 104 Å². The number of aliphatic hydroxyl groups is 1. The number of hydrogen-bond acceptors (Lipinski definition) is 3. The van der Waals surface area contributed by atoms with Gasteiger partial charge in [0, 0.05) is 11.6 Å². The van der Waals surface area contributed by atoms with Crippen molar-refractivity contribution in [1.29, 1.82) is 0 Å². The molecule has 3 heteroatoms. The van der Waals surface area contributed by atoms with Crippen LogP contribution in [0.5, 0.6) is 0 Å². The van der Waals surface area contributed by atoms with Crippen LogP contribution >= 0.6 is 11.8 Å². The Bertz CT molecular complexity index is 220. The molecule has 0 aliphatic heterocycles. The van der Waals surface area contributed by atoms with Crippen molar-refractivity contribution in [2.45, 2.75) is 57.0 Å². The summed E-state index contributed by atoms with van der Waals surface area (Å²) in [4.78, 5) is 0. The van der Waals surface area contributed by atoms with Crippen molar-refractivity contribution in [3.8, 4) is 0 Å². The number of aliphatic hydroxyl groups excluding tert-OH is 1. The fraction of sp³-hybridized carbons (Fsp3) is 1.00. The minimum atomic E-state index is 0.0788. The van der Waals surface area contributed by atoms with E-state index in [0.717, 1.165) is 0 Å². The standard InChI is InChI=1S/C13H25NOS/c1-2-16-9-7-11-4-3-8-13(11,10-15)14-12-5-6-12/h11-12,14-15H,2-10H2,1H3. The summed E-state index contributed by atoms with van der Waals surface area (Å²) >= 11 is 2.03. The first kappa shape index (κ1) is 12.7. The van der Waals surface area contributed by atoms with Crippen LogP contribution in [0.4, 0.5) is 0 Å². The van der Waals surface area contributed by atoms with E-state index < -0.39 is 0 Å². The van der Waals surface area contributed by atoms with Crippen LogP contribution in [0.2, 0.25) is 0 Å². The van der Waals surface area contributed by atoms with Crippen LogP contribution in [0.15, 0.2) is 0 Å². The molecule has 2 aliphatic rings. The second kappa shape index (κ2) is 5.74. The van der Waals surface area contributed by atoms with Gasteiger partial charge in [0.25, 0.3) is 0 Å². The zero-order valence-electron chi connectivity index (χ0n) is 10.4. The second-order valence-corrected chi connectivity index (χ2v) is 6.70. The molecule has 2 rings (SSSR count). The largest absolute Gasteiger partial charge is 0.394 e. The third-order valence-electron chi connectivity index (χ3n) is 4.12. The van der Waals surface area contributed by atoms with Crippen molar-refractivity contribution in [2.75, 3.05) is 18.1 Å². The van der Waals surface area contributed by atoms with Gasteiger partial charge < -0.3 is 10.4 Å². The molecule has 0 aromatic rings. The van der Waals surface area contributed by atoms with Gasteiger partial charge >= 0.3 is 0 Å². The third kappa shape index (κ3) is 2.93. The second-order valence-electron chi connectivity index (χ2n) is 5.31. The van der Waals surface area contributed by atoms with Crippen molar-refractivity contribution in [1.82, 2.24) is 5.32 Å². The van der Waals surface area contributed by atoms with Crippen molar-refractivity contribution in [3.63, 3.8) is 0 Å². The molecule has 2 nitrogen and oxygen atoms in total. The van der Waals surface area contributed by atoms with Gasteiger partial charge in [-0.15, -0.1) is 0 Å². The van der Waals surface area contributed by atoms with E-state index in [1.807, 2.05) is 11.8 Å². The van der Waals surface area contributed by atoms with E-state index in [4.69, 9.17) is 0 Å². The molecular weight excluding hydrogens is 218 g/mol. The highest BCUT2D eigenvalue weighted by molar-refractivity contribution is 7.99. The lowest BCUT2D eigenvalue weighted by atomic mass is 9.85. The number of rotatable bonds is 7. The molecule has 2 fully saturated rings. The van der Waals surface area contributed by atoms with E-state index in [9.17, 15) is 5.11 Å². The van der Waals surface area contributed by atoms with E-state index >= 15 is 0 Å². The molecular formula is C13H25NOS. The quantitative estimate of drug-likeness (QED) is 0.674. The van der Waals surface area contributed by atoms with Crippen molar-refractivity contribution < 1.29 is 5.11 Å². The van der Waals surface area contributed by atoms with Gasteiger partial charge in [-0.25, -0.2) is 0 Å². The summed E-state index contributed by atoms with van der Waals surface area (Å²) in [6.45, 7) is 2.56. The van der Waals surface area contributed by atoms with Crippen molar-refractivity contribution in [3.05, 3.63) is 0 Å². The fourth-order valence-corrected chi connectivity index (χ4v) is 3.75. The fourth-order valence-electron chi connectivity index (χ4n) is 3.01. The van der Waals surface area contributed by atoms with Crippen LogP contribution in [0.25, 0.3) is 0 Å². The summed E-state index contributed by atoms with van der Waals surface area (Å²) in [5.41, 5.74) is 0.0788. The predicted octanol–water partition coefficient (Wildman–Crippen LogP) is 2.41. The maximum Gasteiger partial charge on any atom is 0.0616 e. The zero-order chi connectivity index (χ0) is 11.4. The molecule has 0 bridgehead atoms.